The molecule has 1 unspecified atom stereocenters. The smallest absolute Gasteiger partial charge is 0.127 e. The summed E-state index contributed by atoms with van der Waals surface area (Å²) < 4.78 is 5.69. The summed E-state index contributed by atoms with van der Waals surface area (Å²) in [6, 6.07) is 11.0. The molecule has 1 atom stereocenters. The summed E-state index contributed by atoms with van der Waals surface area (Å²) in [5, 5.41) is 11.4. The number of fused-ring (bicyclic) bond motifs is 1. The SMILES string of the molecule is CC(CCl)Oc1ccc(O)c2ccccc12. The standard InChI is InChI=1S/C13H13ClO2/c1-9(8-14)16-13-7-6-12(15)10-4-2-3-5-11(10)13/h2-7,9,15H,8H2,1H3. The largest absolute Gasteiger partial charge is 0.507 e. The van der Waals surface area contributed by atoms with Crippen LogP contribution in [0, 0.1) is 0 Å². The fraction of sp³-hybridized carbons (Fsp3) is 0.231. The molecule has 2 nitrogen and oxygen atoms in total. The van der Waals surface area contributed by atoms with Gasteiger partial charge in [0.2, 0.25) is 0 Å². The summed E-state index contributed by atoms with van der Waals surface area (Å²) in [5.41, 5.74) is 0. The van der Waals surface area contributed by atoms with Gasteiger partial charge in [0.25, 0.3) is 0 Å². The number of phenols is 1. The number of ether oxygens (including phenoxy) is 1. The molecule has 2 aromatic carbocycles. The van der Waals surface area contributed by atoms with Crippen LogP contribution in [0.25, 0.3) is 10.8 Å². The van der Waals surface area contributed by atoms with Gasteiger partial charge in [-0.1, -0.05) is 24.3 Å². The molecule has 0 aliphatic carbocycles. The summed E-state index contributed by atoms with van der Waals surface area (Å²) >= 11 is 5.71. The monoisotopic (exact) mass is 236 g/mol. The van der Waals surface area contributed by atoms with E-state index in [0.717, 1.165) is 16.5 Å². The molecule has 2 aromatic rings. The number of rotatable bonds is 3. The molecule has 0 bridgehead atoms. The van der Waals surface area contributed by atoms with E-state index in [2.05, 4.69) is 0 Å². The molecule has 16 heavy (non-hydrogen) atoms. The summed E-state index contributed by atoms with van der Waals surface area (Å²) in [6.07, 6.45) is -0.0467. The number of hydrogen-bond acceptors (Lipinski definition) is 2. The molecule has 0 saturated carbocycles. The van der Waals surface area contributed by atoms with Gasteiger partial charge in [-0.15, -0.1) is 11.6 Å². The van der Waals surface area contributed by atoms with E-state index in [1.165, 1.54) is 0 Å². The van der Waals surface area contributed by atoms with E-state index in [1.54, 1.807) is 12.1 Å². The number of phenolic OH excluding ortho intramolecular Hbond substituents is 1. The van der Waals surface area contributed by atoms with Crippen molar-refractivity contribution >= 4 is 22.4 Å². The molecule has 0 radical (unpaired) electrons. The lowest BCUT2D eigenvalue weighted by Crippen LogP contribution is -2.13. The Bertz CT molecular complexity index is 496. The fourth-order valence-corrected chi connectivity index (χ4v) is 1.67. The Morgan fingerprint density at radius 2 is 1.88 bits per heavy atom. The van der Waals surface area contributed by atoms with Gasteiger partial charge in [-0.25, -0.2) is 0 Å². The minimum atomic E-state index is -0.0467. The molecule has 1 N–H and O–H groups in total. The molecule has 0 heterocycles. The van der Waals surface area contributed by atoms with Crippen LogP contribution in [0.3, 0.4) is 0 Å². The Morgan fingerprint density at radius 1 is 1.19 bits per heavy atom. The highest BCUT2D eigenvalue weighted by Gasteiger charge is 2.08. The van der Waals surface area contributed by atoms with Gasteiger partial charge in [0.15, 0.2) is 0 Å². The first-order chi connectivity index (χ1) is 7.72. The Hall–Kier alpha value is -1.41. The maximum Gasteiger partial charge on any atom is 0.127 e. The summed E-state index contributed by atoms with van der Waals surface area (Å²) in [4.78, 5) is 0. The Kier molecular flexibility index (Phi) is 3.20. The topological polar surface area (TPSA) is 29.5 Å². The third-order valence-electron chi connectivity index (χ3n) is 2.41. The van der Waals surface area contributed by atoms with E-state index in [1.807, 2.05) is 31.2 Å². The average molecular weight is 237 g/mol. The second-order valence-electron chi connectivity index (χ2n) is 3.71. The summed E-state index contributed by atoms with van der Waals surface area (Å²) in [7, 11) is 0. The highest BCUT2D eigenvalue weighted by molar-refractivity contribution is 6.18. The van der Waals surface area contributed by atoms with Gasteiger partial charge in [0.1, 0.15) is 17.6 Å². The number of aromatic hydroxyl groups is 1. The first-order valence-electron chi connectivity index (χ1n) is 5.15. The van der Waals surface area contributed by atoms with Crippen LogP contribution in [0.5, 0.6) is 11.5 Å². The van der Waals surface area contributed by atoms with Crippen LogP contribution in [-0.2, 0) is 0 Å². The van der Waals surface area contributed by atoms with E-state index in [9.17, 15) is 5.11 Å². The van der Waals surface area contributed by atoms with E-state index in [-0.39, 0.29) is 11.9 Å². The fourth-order valence-electron chi connectivity index (χ4n) is 1.61. The Balaban J connectivity index is 2.50. The normalized spacial score (nSPS) is 12.6. The second-order valence-corrected chi connectivity index (χ2v) is 4.02. The molecular weight excluding hydrogens is 224 g/mol. The highest BCUT2D eigenvalue weighted by Crippen LogP contribution is 2.32. The molecule has 0 amide bonds. The van der Waals surface area contributed by atoms with Crippen molar-refractivity contribution in [3.05, 3.63) is 36.4 Å². The average Bonchev–Trinajstić information content (AvgIpc) is 2.33. The van der Waals surface area contributed by atoms with Crippen LogP contribution in [0.1, 0.15) is 6.92 Å². The molecule has 0 aliphatic heterocycles. The van der Waals surface area contributed by atoms with Crippen molar-refractivity contribution in [1.82, 2.24) is 0 Å². The Morgan fingerprint density at radius 3 is 2.56 bits per heavy atom. The number of benzene rings is 2. The Labute approximate surface area is 99.4 Å². The minimum Gasteiger partial charge on any atom is -0.507 e. The predicted molar refractivity (Wildman–Crippen MR) is 66.4 cm³/mol. The third-order valence-corrected chi connectivity index (χ3v) is 2.84. The number of hydrogen-bond donors (Lipinski definition) is 1. The van der Waals surface area contributed by atoms with Gasteiger partial charge >= 0.3 is 0 Å². The number of halogens is 1. The van der Waals surface area contributed by atoms with Crippen LogP contribution >= 0.6 is 11.6 Å². The van der Waals surface area contributed by atoms with Crippen LogP contribution in [-0.4, -0.2) is 17.1 Å². The first-order valence-corrected chi connectivity index (χ1v) is 5.69. The van der Waals surface area contributed by atoms with Crippen molar-refractivity contribution in [2.24, 2.45) is 0 Å². The lowest BCUT2D eigenvalue weighted by molar-refractivity contribution is 0.248. The quantitative estimate of drug-likeness (QED) is 0.826. The van der Waals surface area contributed by atoms with E-state index < -0.39 is 0 Å². The highest BCUT2D eigenvalue weighted by atomic mass is 35.5. The lowest BCUT2D eigenvalue weighted by Gasteiger charge is -2.14. The molecule has 3 heteroatoms. The van der Waals surface area contributed by atoms with Gasteiger partial charge < -0.3 is 9.84 Å². The summed E-state index contributed by atoms with van der Waals surface area (Å²) in [5.74, 6) is 1.46. The van der Waals surface area contributed by atoms with Crippen molar-refractivity contribution in [1.29, 1.82) is 0 Å². The lowest BCUT2D eigenvalue weighted by atomic mass is 10.1. The zero-order chi connectivity index (χ0) is 11.5. The van der Waals surface area contributed by atoms with Crippen molar-refractivity contribution < 1.29 is 9.84 Å². The molecule has 84 valence electrons. The van der Waals surface area contributed by atoms with Crippen molar-refractivity contribution in [2.75, 3.05) is 5.88 Å². The second kappa shape index (κ2) is 4.62. The van der Waals surface area contributed by atoms with Crippen LogP contribution in [0.15, 0.2) is 36.4 Å². The van der Waals surface area contributed by atoms with Gasteiger partial charge in [0, 0.05) is 10.8 Å². The third kappa shape index (κ3) is 2.07. The van der Waals surface area contributed by atoms with E-state index in [4.69, 9.17) is 16.3 Å². The zero-order valence-corrected chi connectivity index (χ0v) is 9.74. The van der Waals surface area contributed by atoms with E-state index in [0.29, 0.717) is 5.88 Å². The summed E-state index contributed by atoms with van der Waals surface area (Å²) in [6.45, 7) is 1.91. The van der Waals surface area contributed by atoms with Gasteiger partial charge in [-0.05, 0) is 19.1 Å². The van der Waals surface area contributed by atoms with E-state index >= 15 is 0 Å². The van der Waals surface area contributed by atoms with Crippen LogP contribution in [0.4, 0.5) is 0 Å². The number of alkyl halides is 1. The molecule has 2 rings (SSSR count). The van der Waals surface area contributed by atoms with Crippen molar-refractivity contribution in [3.63, 3.8) is 0 Å². The zero-order valence-electron chi connectivity index (χ0n) is 8.98. The maximum absolute atomic E-state index is 9.71. The van der Waals surface area contributed by atoms with Crippen molar-refractivity contribution in [2.45, 2.75) is 13.0 Å². The molecular formula is C13H13ClO2. The minimum absolute atomic E-state index is 0.0467. The first kappa shape index (κ1) is 11.1. The van der Waals surface area contributed by atoms with Crippen LogP contribution < -0.4 is 4.74 Å². The van der Waals surface area contributed by atoms with Gasteiger partial charge in [0.05, 0.1) is 5.88 Å². The maximum atomic E-state index is 9.71. The predicted octanol–water partition coefficient (Wildman–Crippen LogP) is 3.55. The van der Waals surface area contributed by atoms with Crippen LogP contribution in [0.2, 0.25) is 0 Å². The van der Waals surface area contributed by atoms with Crippen molar-refractivity contribution in [3.8, 4) is 11.5 Å². The molecule has 0 fully saturated rings. The molecule has 0 saturated heterocycles. The molecule has 0 aromatic heterocycles. The van der Waals surface area contributed by atoms with Gasteiger partial charge in [-0.3, -0.25) is 0 Å². The molecule has 0 aliphatic rings. The molecule has 0 spiro atoms. The van der Waals surface area contributed by atoms with Gasteiger partial charge in [-0.2, -0.15) is 0 Å².